The van der Waals surface area contributed by atoms with Crippen molar-refractivity contribution >= 4 is 31.6 Å². The van der Waals surface area contributed by atoms with Gasteiger partial charge in [-0.2, -0.15) is 21.6 Å². The SMILES string of the molecule is Cc1cc(NS(=O)(=O)C(F)(F)F)cnc1Br. The number of aryl methyl sites for hydroxylation is 1. The summed E-state index contributed by atoms with van der Waals surface area (Å²) >= 11 is 3.04. The minimum atomic E-state index is -5.39. The standard InChI is InChI=1S/C7H6BrF3N2O2S/c1-4-2-5(3-12-6(4)8)13-16(14,15)7(9,10)11/h2-3,13H,1H3. The van der Waals surface area contributed by atoms with Gasteiger partial charge in [0, 0.05) is 0 Å². The summed E-state index contributed by atoms with van der Waals surface area (Å²) in [6.07, 6.45) is 0.986. The molecule has 1 aromatic heterocycles. The zero-order valence-corrected chi connectivity index (χ0v) is 10.2. The van der Waals surface area contributed by atoms with Crippen LogP contribution in [-0.2, 0) is 10.0 Å². The first-order chi connectivity index (χ1) is 7.13. The minimum absolute atomic E-state index is 0.238. The van der Waals surface area contributed by atoms with Crippen LogP contribution in [0.3, 0.4) is 0 Å². The summed E-state index contributed by atoms with van der Waals surface area (Å²) in [5, 5.41) is 0. The highest BCUT2D eigenvalue weighted by Crippen LogP contribution is 2.26. The summed E-state index contributed by atoms with van der Waals surface area (Å²) in [4.78, 5) is 3.67. The van der Waals surface area contributed by atoms with Crippen molar-refractivity contribution in [1.82, 2.24) is 4.98 Å². The normalized spacial score (nSPS) is 12.6. The van der Waals surface area contributed by atoms with Crippen LogP contribution in [0, 0.1) is 6.92 Å². The van der Waals surface area contributed by atoms with E-state index in [9.17, 15) is 21.6 Å². The number of rotatable bonds is 2. The number of nitrogens with one attached hydrogen (secondary N) is 1. The lowest BCUT2D eigenvalue weighted by atomic mass is 10.3. The van der Waals surface area contributed by atoms with Gasteiger partial charge in [-0.1, -0.05) is 0 Å². The summed E-state index contributed by atoms with van der Waals surface area (Å²) in [5.74, 6) is 0. The molecule has 1 heterocycles. The molecule has 16 heavy (non-hydrogen) atoms. The molecule has 0 fully saturated rings. The average Bonchev–Trinajstić information content (AvgIpc) is 2.09. The second kappa shape index (κ2) is 4.21. The van der Waals surface area contributed by atoms with Gasteiger partial charge in [-0.05, 0) is 34.5 Å². The van der Waals surface area contributed by atoms with Gasteiger partial charge < -0.3 is 0 Å². The van der Waals surface area contributed by atoms with E-state index in [0.29, 0.717) is 10.2 Å². The third-order valence-electron chi connectivity index (χ3n) is 1.57. The number of hydrogen-bond acceptors (Lipinski definition) is 3. The van der Waals surface area contributed by atoms with E-state index in [1.54, 1.807) is 6.92 Å². The number of alkyl halides is 3. The van der Waals surface area contributed by atoms with Gasteiger partial charge in [-0.25, -0.2) is 4.98 Å². The Morgan fingerprint density at radius 2 is 2.00 bits per heavy atom. The molecule has 0 spiro atoms. The maximum atomic E-state index is 12.0. The molecule has 0 radical (unpaired) electrons. The van der Waals surface area contributed by atoms with E-state index < -0.39 is 15.5 Å². The molecule has 0 aromatic carbocycles. The molecule has 0 atom stereocenters. The third-order valence-corrected chi connectivity index (χ3v) is 3.52. The van der Waals surface area contributed by atoms with E-state index in [1.165, 1.54) is 10.8 Å². The van der Waals surface area contributed by atoms with Gasteiger partial charge in [-0.3, -0.25) is 4.72 Å². The highest BCUT2D eigenvalue weighted by molar-refractivity contribution is 9.10. The van der Waals surface area contributed by atoms with E-state index >= 15 is 0 Å². The Kier molecular flexibility index (Phi) is 3.48. The molecule has 1 N–H and O–H groups in total. The summed E-state index contributed by atoms with van der Waals surface area (Å²) in [6, 6.07) is 1.24. The topological polar surface area (TPSA) is 59.1 Å². The summed E-state index contributed by atoms with van der Waals surface area (Å²) < 4.78 is 59.4. The van der Waals surface area contributed by atoms with E-state index in [1.807, 2.05) is 0 Å². The van der Waals surface area contributed by atoms with Gasteiger partial charge in [-0.15, -0.1) is 0 Å². The third kappa shape index (κ3) is 2.85. The predicted octanol–water partition coefficient (Wildman–Crippen LogP) is 2.41. The first-order valence-electron chi connectivity index (χ1n) is 3.85. The molecule has 0 saturated heterocycles. The second-order valence-corrected chi connectivity index (χ2v) is 5.31. The lowest BCUT2D eigenvalue weighted by molar-refractivity contribution is -0.0429. The van der Waals surface area contributed by atoms with Crippen LogP contribution in [0.25, 0.3) is 0 Å². The Bertz CT molecular complexity index is 501. The molecular weight excluding hydrogens is 313 g/mol. The first kappa shape index (κ1) is 13.2. The van der Waals surface area contributed by atoms with Gasteiger partial charge in [0.05, 0.1) is 11.9 Å². The van der Waals surface area contributed by atoms with Crippen molar-refractivity contribution in [3.05, 3.63) is 22.4 Å². The highest BCUT2D eigenvalue weighted by atomic mass is 79.9. The van der Waals surface area contributed by atoms with E-state index in [0.717, 1.165) is 6.20 Å². The van der Waals surface area contributed by atoms with Gasteiger partial charge >= 0.3 is 15.5 Å². The van der Waals surface area contributed by atoms with Crippen LogP contribution < -0.4 is 4.72 Å². The van der Waals surface area contributed by atoms with Crippen molar-refractivity contribution in [3.63, 3.8) is 0 Å². The minimum Gasteiger partial charge on any atom is -0.274 e. The fraction of sp³-hybridized carbons (Fsp3) is 0.286. The molecule has 0 saturated carbocycles. The Hall–Kier alpha value is -0.830. The largest absolute Gasteiger partial charge is 0.516 e. The van der Waals surface area contributed by atoms with Gasteiger partial charge in [0.2, 0.25) is 0 Å². The van der Waals surface area contributed by atoms with Crippen molar-refractivity contribution in [2.45, 2.75) is 12.4 Å². The molecule has 4 nitrogen and oxygen atoms in total. The maximum absolute atomic E-state index is 12.0. The zero-order chi connectivity index (χ0) is 12.6. The van der Waals surface area contributed by atoms with E-state index in [2.05, 4.69) is 20.9 Å². The molecular formula is C7H6BrF3N2O2S. The van der Waals surface area contributed by atoms with E-state index in [4.69, 9.17) is 0 Å². The predicted molar refractivity (Wildman–Crippen MR) is 55.3 cm³/mol. The number of hydrogen-bond donors (Lipinski definition) is 1. The zero-order valence-electron chi connectivity index (χ0n) is 7.84. The van der Waals surface area contributed by atoms with Crippen molar-refractivity contribution in [2.75, 3.05) is 4.72 Å². The van der Waals surface area contributed by atoms with Crippen molar-refractivity contribution < 1.29 is 21.6 Å². The van der Waals surface area contributed by atoms with Crippen LogP contribution in [0.4, 0.5) is 18.9 Å². The molecule has 1 aromatic rings. The van der Waals surface area contributed by atoms with Crippen LogP contribution in [0.1, 0.15) is 5.56 Å². The molecule has 0 amide bonds. The lowest BCUT2D eigenvalue weighted by Gasteiger charge is -2.10. The smallest absolute Gasteiger partial charge is 0.274 e. The average molecular weight is 319 g/mol. The fourth-order valence-corrected chi connectivity index (χ4v) is 1.58. The van der Waals surface area contributed by atoms with E-state index in [-0.39, 0.29) is 5.69 Å². The molecule has 9 heteroatoms. The molecule has 1 rings (SSSR count). The monoisotopic (exact) mass is 318 g/mol. The van der Waals surface area contributed by atoms with Crippen LogP contribution in [0.5, 0.6) is 0 Å². The van der Waals surface area contributed by atoms with Gasteiger partial charge in [0.1, 0.15) is 4.60 Å². The van der Waals surface area contributed by atoms with Crippen LogP contribution in [0.15, 0.2) is 16.9 Å². The second-order valence-electron chi connectivity index (χ2n) is 2.88. The van der Waals surface area contributed by atoms with Crippen LogP contribution in [-0.4, -0.2) is 18.9 Å². The summed E-state index contributed by atoms with van der Waals surface area (Å²) in [6.45, 7) is 1.57. The van der Waals surface area contributed by atoms with Crippen LogP contribution in [0.2, 0.25) is 0 Å². The summed E-state index contributed by atoms with van der Waals surface area (Å²) in [7, 11) is -5.39. The molecule has 0 aliphatic rings. The molecule has 0 aliphatic heterocycles. The Balaban J connectivity index is 3.03. The molecule has 90 valence electrons. The van der Waals surface area contributed by atoms with Gasteiger partial charge in [0.25, 0.3) is 0 Å². The molecule has 0 aliphatic carbocycles. The molecule has 0 unspecified atom stereocenters. The Morgan fingerprint density at radius 1 is 1.44 bits per heavy atom. The quantitative estimate of drug-likeness (QED) is 0.852. The highest BCUT2D eigenvalue weighted by Gasteiger charge is 2.46. The number of halogens is 4. The fourth-order valence-electron chi connectivity index (χ4n) is 0.827. The van der Waals surface area contributed by atoms with Crippen LogP contribution >= 0.6 is 15.9 Å². The van der Waals surface area contributed by atoms with Crippen molar-refractivity contribution in [2.24, 2.45) is 0 Å². The lowest BCUT2D eigenvalue weighted by Crippen LogP contribution is -2.29. The van der Waals surface area contributed by atoms with Crippen molar-refractivity contribution in [3.8, 4) is 0 Å². The maximum Gasteiger partial charge on any atom is 0.516 e. The number of pyridine rings is 1. The Morgan fingerprint density at radius 3 is 2.44 bits per heavy atom. The first-order valence-corrected chi connectivity index (χ1v) is 6.12. The number of sulfonamides is 1. The number of anilines is 1. The molecule has 0 bridgehead atoms. The Labute approximate surface area is 98.1 Å². The number of aromatic nitrogens is 1. The van der Waals surface area contributed by atoms with Gasteiger partial charge in [0.15, 0.2) is 0 Å². The summed E-state index contributed by atoms with van der Waals surface area (Å²) in [5.41, 5.74) is -5.06. The van der Waals surface area contributed by atoms with Crippen molar-refractivity contribution in [1.29, 1.82) is 0 Å². The number of nitrogens with zero attached hydrogens (tertiary/aromatic N) is 1.